The third-order valence-electron chi connectivity index (χ3n) is 1.48. The van der Waals surface area contributed by atoms with Crippen LogP contribution in [-0.2, 0) is 14.8 Å². The van der Waals surface area contributed by atoms with Gasteiger partial charge in [-0.25, -0.2) is 13.1 Å². The third kappa shape index (κ3) is 8.17. The quantitative estimate of drug-likeness (QED) is 0.519. The van der Waals surface area contributed by atoms with Gasteiger partial charge in [-0.1, -0.05) is 0 Å². The molecule has 6 heteroatoms. The van der Waals surface area contributed by atoms with E-state index in [2.05, 4.69) is 4.72 Å². The maximum Gasteiger partial charge on any atom is 0.212 e. The van der Waals surface area contributed by atoms with Crippen LogP contribution in [0.2, 0.25) is 0 Å². The topological polar surface area (TPSA) is 81.4 Å². The fourth-order valence-electron chi connectivity index (χ4n) is 0.826. The van der Waals surface area contributed by atoms with Gasteiger partial charge in [0.2, 0.25) is 10.0 Å². The molecule has 0 amide bonds. The van der Waals surface area contributed by atoms with Crippen molar-refractivity contribution >= 4 is 10.0 Å². The molecule has 0 bridgehead atoms. The Morgan fingerprint density at radius 1 is 1.38 bits per heavy atom. The minimum Gasteiger partial charge on any atom is -0.385 e. The van der Waals surface area contributed by atoms with Gasteiger partial charge in [0.25, 0.3) is 0 Å². The number of nitrogens with two attached hydrogens (primary N) is 1. The first-order valence-corrected chi connectivity index (χ1v) is 5.94. The molecule has 0 spiro atoms. The van der Waals surface area contributed by atoms with Crippen LogP contribution in [0.4, 0.5) is 0 Å². The lowest BCUT2D eigenvalue weighted by molar-refractivity contribution is 0.193. The molecule has 0 fully saturated rings. The van der Waals surface area contributed by atoms with Crippen molar-refractivity contribution < 1.29 is 13.2 Å². The molecule has 0 aromatic carbocycles. The Morgan fingerprint density at radius 2 is 2.08 bits per heavy atom. The fourth-order valence-corrected chi connectivity index (χ4v) is 1.74. The summed E-state index contributed by atoms with van der Waals surface area (Å²) in [5, 5.41) is 0. The Morgan fingerprint density at radius 3 is 2.62 bits per heavy atom. The lowest BCUT2D eigenvalue weighted by Gasteiger charge is -2.04. The highest BCUT2D eigenvalue weighted by Crippen LogP contribution is 1.89. The minimum atomic E-state index is -3.13. The number of nitrogens with one attached hydrogen (secondary N) is 1. The van der Waals surface area contributed by atoms with Crippen molar-refractivity contribution in [1.82, 2.24) is 4.72 Å². The maximum atomic E-state index is 11.0. The average Bonchev–Trinajstić information content (AvgIpc) is 2.04. The van der Waals surface area contributed by atoms with Crippen LogP contribution in [0.1, 0.15) is 12.8 Å². The largest absolute Gasteiger partial charge is 0.385 e. The van der Waals surface area contributed by atoms with E-state index in [4.69, 9.17) is 10.5 Å². The van der Waals surface area contributed by atoms with Crippen LogP contribution in [0.5, 0.6) is 0 Å². The summed E-state index contributed by atoms with van der Waals surface area (Å²) in [7, 11) is -1.51. The Labute approximate surface area is 79.7 Å². The molecule has 0 aliphatic rings. The van der Waals surface area contributed by atoms with Gasteiger partial charge in [0.15, 0.2) is 0 Å². The second-order valence-electron chi connectivity index (χ2n) is 2.70. The van der Waals surface area contributed by atoms with E-state index in [1.54, 1.807) is 7.11 Å². The molecule has 3 N–H and O–H groups in total. The Bertz CT molecular complexity index is 204. The molecule has 80 valence electrons. The molecule has 0 heterocycles. The standard InChI is InChI=1S/C7H18N2O3S/c1-12-6-3-2-5-9-13(10,11)7-4-8/h9H,2-8H2,1H3. The van der Waals surface area contributed by atoms with Crippen LogP contribution in [0, 0.1) is 0 Å². The molecule has 0 atom stereocenters. The molecule has 5 nitrogen and oxygen atoms in total. The van der Waals surface area contributed by atoms with Crippen LogP contribution in [0.25, 0.3) is 0 Å². The van der Waals surface area contributed by atoms with Crippen molar-refractivity contribution in [1.29, 1.82) is 0 Å². The smallest absolute Gasteiger partial charge is 0.212 e. The third-order valence-corrected chi connectivity index (χ3v) is 2.90. The van der Waals surface area contributed by atoms with E-state index in [9.17, 15) is 8.42 Å². The van der Waals surface area contributed by atoms with Gasteiger partial charge in [-0.2, -0.15) is 0 Å². The van der Waals surface area contributed by atoms with Gasteiger partial charge < -0.3 is 10.5 Å². The predicted octanol–water partition coefficient (Wildman–Crippen LogP) is -0.709. The second kappa shape index (κ2) is 7.25. The first-order chi connectivity index (χ1) is 6.12. The zero-order valence-corrected chi connectivity index (χ0v) is 8.77. The highest BCUT2D eigenvalue weighted by atomic mass is 32.2. The minimum absolute atomic E-state index is 0.00270. The number of methoxy groups -OCH3 is 1. The van der Waals surface area contributed by atoms with E-state index in [-0.39, 0.29) is 12.3 Å². The number of unbranched alkanes of at least 4 members (excludes halogenated alkanes) is 1. The second-order valence-corrected chi connectivity index (χ2v) is 4.63. The first kappa shape index (κ1) is 12.8. The Hall–Kier alpha value is -0.170. The number of sulfonamides is 1. The summed E-state index contributed by atoms with van der Waals surface area (Å²) in [6.45, 7) is 1.29. The van der Waals surface area contributed by atoms with E-state index in [1.165, 1.54) is 0 Å². The number of rotatable bonds is 8. The van der Waals surface area contributed by atoms with Crippen LogP contribution >= 0.6 is 0 Å². The summed E-state index contributed by atoms with van der Waals surface area (Å²) in [4.78, 5) is 0. The lowest BCUT2D eigenvalue weighted by Crippen LogP contribution is -2.30. The maximum absolute atomic E-state index is 11.0. The Balaban J connectivity index is 3.41. The molecule has 0 aliphatic carbocycles. The molecule has 0 saturated heterocycles. The van der Waals surface area contributed by atoms with Crippen molar-refractivity contribution in [3.63, 3.8) is 0 Å². The summed E-state index contributed by atoms with van der Waals surface area (Å²) in [6.07, 6.45) is 1.65. The summed E-state index contributed by atoms with van der Waals surface area (Å²) in [6, 6.07) is 0. The van der Waals surface area contributed by atoms with Gasteiger partial charge in [0, 0.05) is 26.8 Å². The van der Waals surface area contributed by atoms with E-state index < -0.39 is 10.0 Å². The molecule has 0 aromatic heterocycles. The molecular weight excluding hydrogens is 192 g/mol. The summed E-state index contributed by atoms with van der Waals surface area (Å²) < 4.78 is 29.4. The summed E-state index contributed by atoms with van der Waals surface area (Å²) in [5.41, 5.74) is 5.13. The van der Waals surface area contributed by atoms with Crippen molar-refractivity contribution in [2.75, 3.05) is 32.6 Å². The van der Waals surface area contributed by atoms with Crippen LogP contribution in [0.15, 0.2) is 0 Å². The van der Waals surface area contributed by atoms with Gasteiger partial charge in [0.05, 0.1) is 5.75 Å². The first-order valence-electron chi connectivity index (χ1n) is 4.28. The molecule has 0 saturated carbocycles. The fraction of sp³-hybridized carbons (Fsp3) is 1.00. The van der Waals surface area contributed by atoms with Gasteiger partial charge >= 0.3 is 0 Å². The van der Waals surface area contributed by atoms with E-state index in [0.29, 0.717) is 13.2 Å². The molecule has 0 unspecified atom stereocenters. The Kier molecular flexibility index (Phi) is 7.16. The average molecular weight is 210 g/mol. The predicted molar refractivity (Wildman–Crippen MR) is 52.0 cm³/mol. The highest BCUT2D eigenvalue weighted by molar-refractivity contribution is 7.89. The number of ether oxygens (including phenoxy) is 1. The van der Waals surface area contributed by atoms with Crippen LogP contribution in [0.3, 0.4) is 0 Å². The van der Waals surface area contributed by atoms with E-state index in [1.807, 2.05) is 0 Å². The molecule has 0 aromatic rings. The van der Waals surface area contributed by atoms with Crippen LogP contribution in [-0.4, -0.2) is 41.0 Å². The van der Waals surface area contributed by atoms with Gasteiger partial charge in [-0.3, -0.25) is 0 Å². The number of hydrogen-bond donors (Lipinski definition) is 2. The van der Waals surface area contributed by atoms with Gasteiger partial charge in [0.1, 0.15) is 0 Å². The molecule has 0 radical (unpaired) electrons. The van der Waals surface area contributed by atoms with E-state index >= 15 is 0 Å². The molecule has 0 rings (SSSR count). The van der Waals surface area contributed by atoms with Crippen molar-refractivity contribution in [3.05, 3.63) is 0 Å². The zero-order valence-electron chi connectivity index (χ0n) is 7.95. The summed E-state index contributed by atoms with van der Waals surface area (Å²) >= 11 is 0. The lowest BCUT2D eigenvalue weighted by atomic mass is 10.3. The normalized spacial score (nSPS) is 11.8. The van der Waals surface area contributed by atoms with Crippen molar-refractivity contribution in [3.8, 4) is 0 Å². The SMILES string of the molecule is COCCCCNS(=O)(=O)CCN. The van der Waals surface area contributed by atoms with Crippen molar-refractivity contribution in [2.45, 2.75) is 12.8 Å². The highest BCUT2D eigenvalue weighted by Gasteiger charge is 2.06. The summed E-state index contributed by atoms with van der Waals surface area (Å²) in [5.74, 6) is -0.00270. The van der Waals surface area contributed by atoms with E-state index in [0.717, 1.165) is 12.8 Å². The number of hydrogen-bond acceptors (Lipinski definition) is 4. The van der Waals surface area contributed by atoms with Crippen molar-refractivity contribution in [2.24, 2.45) is 5.73 Å². The zero-order chi connectivity index (χ0) is 10.2. The van der Waals surface area contributed by atoms with Crippen LogP contribution < -0.4 is 10.5 Å². The molecular formula is C7H18N2O3S. The van der Waals surface area contributed by atoms with Gasteiger partial charge in [-0.15, -0.1) is 0 Å². The molecule has 0 aliphatic heterocycles. The monoisotopic (exact) mass is 210 g/mol. The molecule has 13 heavy (non-hydrogen) atoms. The van der Waals surface area contributed by atoms with Gasteiger partial charge in [-0.05, 0) is 12.8 Å².